The number of benzene rings is 2. The van der Waals surface area contributed by atoms with Gasteiger partial charge in [0.2, 0.25) is 10.0 Å². The number of hydrogen-bond acceptors (Lipinski definition) is 4. The third-order valence-electron chi connectivity index (χ3n) is 3.91. The lowest BCUT2D eigenvalue weighted by molar-refractivity contribution is 0.586. The highest BCUT2D eigenvalue weighted by molar-refractivity contribution is 9.10. The van der Waals surface area contributed by atoms with Crippen LogP contribution in [-0.4, -0.2) is 28.0 Å². The van der Waals surface area contributed by atoms with Gasteiger partial charge in [-0.25, -0.2) is 16.8 Å². The summed E-state index contributed by atoms with van der Waals surface area (Å²) in [5.74, 6) is 0. The Morgan fingerprint density at radius 3 is 2.44 bits per heavy atom. The van der Waals surface area contributed by atoms with Crippen molar-refractivity contribution in [3.05, 3.63) is 54.1 Å². The SMILES string of the molecule is O=S(=O)(CBr)Nc1ccc2c(c1)N(S(=O)(=O)c1ccccc1)CCC2. The average molecular weight is 445 g/mol. The van der Waals surface area contributed by atoms with Gasteiger partial charge in [0.1, 0.15) is 4.66 Å². The van der Waals surface area contributed by atoms with Gasteiger partial charge < -0.3 is 0 Å². The van der Waals surface area contributed by atoms with Crippen molar-refractivity contribution in [1.82, 2.24) is 0 Å². The van der Waals surface area contributed by atoms with E-state index in [0.717, 1.165) is 12.0 Å². The number of anilines is 2. The molecule has 2 aromatic carbocycles. The second-order valence-electron chi connectivity index (χ2n) is 5.66. The van der Waals surface area contributed by atoms with Crippen LogP contribution in [0.2, 0.25) is 0 Å². The molecule has 0 fully saturated rings. The monoisotopic (exact) mass is 444 g/mol. The summed E-state index contributed by atoms with van der Waals surface area (Å²) in [6.45, 7) is 0.360. The number of halogens is 1. The molecule has 0 aliphatic carbocycles. The summed E-state index contributed by atoms with van der Waals surface area (Å²) >= 11 is 2.92. The van der Waals surface area contributed by atoms with Crippen molar-refractivity contribution < 1.29 is 16.8 Å². The molecule has 0 atom stereocenters. The van der Waals surface area contributed by atoms with Crippen LogP contribution in [0, 0.1) is 0 Å². The quantitative estimate of drug-likeness (QED) is 0.718. The molecule has 134 valence electrons. The average Bonchev–Trinajstić information content (AvgIpc) is 2.61. The lowest BCUT2D eigenvalue weighted by atomic mass is 10.0. The number of fused-ring (bicyclic) bond motifs is 1. The topological polar surface area (TPSA) is 83.6 Å². The van der Waals surface area contributed by atoms with Crippen LogP contribution in [0.4, 0.5) is 11.4 Å². The van der Waals surface area contributed by atoms with Gasteiger partial charge in [-0.05, 0) is 42.7 Å². The van der Waals surface area contributed by atoms with Crippen LogP contribution >= 0.6 is 15.9 Å². The van der Waals surface area contributed by atoms with E-state index in [2.05, 4.69) is 20.7 Å². The van der Waals surface area contributed by atoms with E-state index in [9.17, 15) is 16.8 Å². The van der Waals surface area contributed by atoms with Crippen LogP contribution in [0.25, 0.3) is 0 Å². The van der Waals surface area contributed by atoms with Crippen LogP contribution in [0.1, 0.15) is 12.0 Å². The Kier molecular flexibility index (Phi) is 5.08. The minimum Gasteiger partial charge on any atom is -0.283 e. The molecule has 25 heavy (non-hydrogen) atoms. The number of nitrogens with one attached hydrogen (secondary N) is 1. The van der Waals surface area contributed by atoms with E-state index in [1.807, 2.05) is 0 Å². The van der Waals surface area contributed by atoms with Crippen molar-refractivity contribution in [3.8, 4) is 0 Å². The Hall–Kier alpha value is -1.58. The first-order chi connectivity index (χ1) is 11.8. The van der Waals surface area contributed by atoms with E-state index in [4.69, 9.17) is 0 Å². The number of rotatable bonds is 5. The second kappa shape index (κ2) is 6.97. The molecule has 0 unspecified atom stereocenters. The largest absolute Gasteiger partial charge is 0.283 e. The number of nitrogens with zero attached hydrogens (tertiary/aromatic N) is 1. The van der Waals surface area contributed by atoms with Gasteiger partial charge in [-0.3, -0.25) is 9.03 Å². The van der Waals surface area contributed by atoms with Gasteiger partial charge in [-0.2, -0.15) is 0 Å². The van der Waals surface area contributed by atoms with E-state index >= 15 is 0 Å². The third-order valence-corrected chi connectivity index (χ3v) is 8.38. The Morgan fingerprint density at radius 1 is 1.04 bits per heavy atom. The molecule has 0 saturated carbocycles. The van der Waals surface area contributed by atoms with Crippen LogP contribution in [-0.2, 0) is 26.5 Å². The highest BCUT2D eigenvalue weighted by Gasteiger charge is 2.29. The van der Waals surface area contributed by atoms with Gasteiger partial charge in [-0.1, -0.05) is 40.2 Å². The Balaban J connectivity index is 2.04. The molecule has 0 amide bonds. The predicted octanol–water partition coefficient (Wildman–Crippen LogP) is 2.92. The summed E-state index contributed by atoms with van der Waals surface area (Å²) in [5, 5.41) is 0. The fourth-order valence-electron chi connectivity index (χ4n) is 2.78. The van der Waals surface area contributed by atoms with Crippen molar-refractivity contribution in [3.63, 3.8) is 0 Å². The standard InChI is InChI=1S/C16H17BrN2O4S2/c17-12-24(20,21)18-14-9-8-13-5-4-10-19(16(13)11-14)25(22,23)15-6-2-1-3-7-15/h1-3,6-9,11,18H,4-5,10,12H2. The van der Waals surface area contributed by atoms with Crippen LogP contribution < -0.4 is 9.03 Å². The van der Waals surface area contributed by atoms with Crippen molar-refractivity contribution in [2.45, 2.75) is 17.7 Å². The molecule has 0 bridgehead atoms. The number of alkyl halides is 1. The van der Waals surface area contributed by atoms with Crippen LogP contribution in [0.5, 0.6) is 0 Å². The minimum atomic E-state index is -3.69. The molecule has 3 rings (SSSR count). The summed E-state index contributed by atoms with van der Waals surface area (Å²) in [7, 11) is -7.20. The van der Waals surface area contributed by atoms with Crippen LogP contribution in [0.15, 0.2) is 53.4 Å². The number of aryl methyl sites for hydroxylation is 1. The maximum atomic E-state index is 13.0. The van der Waals surface area contributed by atoms with E-state index in [-0.39, 0.29) is 9.56 Å². The molecular formula is C16H17BrN2O4S2. The van der Waals surface area contributed by atoms with Crippen LogP contribution in [0.3, 0.4) is 0 Å². The molecule has 0 aromatic heterocycles. The smallest absolute Gasteiger partial charge is 0.264 e. The molecule has 0 radical (unpaired) electrons. The maximum absolute atomic E-state index is 13.0. The first-order valence-corrected chi connectivity index (χ1v) is 11.8. The van der Waals surface area contributed by atoms with Gasteiger partial charge >= 0.3 is 0 Å². The summed E-state index contributed by atoms with van der Waals surface area (Å²) in [5.41, 5.74) is 1.74. The van der Waals surface area contributed by atoms with Crippen molar-refractivity contribution in [1.29, 1.82) is 0 Å². The summed E-state index contributed by atoms with van der Waals surface area (Å²) in [6, 6.07) is 13.2. The van der Waals surface area contributed by atoms with Gasteiger partial charge in [0.05, 0.1) is 16.3 Å². The zero-order chi connectivity index (χ0) is 18.1. The van der Waals surface area contributed by atoms with E-state index < -0.39 is 20.0 Å². The van der Waals surface area contributed by atoms with Gasteiger partial charge in [0, 0.05) is 6.54 Å². The van der Waals surface area contributed by atoms with E-state index in [0.29, 0.717) is 24.3 Å². The fraction of sp³-hybridized carbons (Fsp3) is 0.250. The lowest BCUT2D eigenvalue weighted by Gasteiger charge is -2.31. The summed E-state index contributed by atoms with van der Waals surface area (Å²) in [4.78, 5) is 0.217. The predicted molar refractivity (Wildman–Crippen MR) is 102 cm³/mol. The number of sulfonamides is 2. The molecule has 0 spiro atoms. The third kappa shape index (κ3) is 3.83. The summed E-state index contributed by atoms with van der Waals surface area (Å²) < 4.78 is 53.0. The minimum absolute atomic E-state index is 0.217. The maximum Gasteiger partial charge on any atom is 0.264 e. The van der Waals surface area contributed by atoms with Gasteiger partial charge in [0.15, 0.2) is 0 Å². The van der Waals surface area contributed by atoms with E-state index in [1.54, 1.807) is 48.5 Å². The molecule has 1 heterocycles. The van der Waals surface area contributed by atoms with Crippen molar-refractivity contribution in [2.24, 2.45) is 0 Å². The lowest BCUT2D eigenvalue weighted by Crippen LogP contribution is -2.35. The second-order valence-corrected chi connectivity index (χ2v) is 10.6. The summed E-state index contributed by atoms with van der Waals surface area (Å²) in [6.07, 6.45) is 1.47. The first-order valence-electron chi connectivity index (χ1n) is 7.61. The molecule has 2 aromatic rings. The molecule has 6 nitrogen and oxygen atoms in total. The Morgan fingerprint density at radius 2 is 1.76 bits per heavy atom. The number of hydrogen-bond donors (Lipinski definition) is 1. The highest BCUT2D eigenvalue weighted by atomic mass is 79.9. The zero-order valence-electron chi connectivity index (χ0n) is 13.2. The van der Waals surface area contributed by atoms with E-state index in [1.165, 1.54) is 4.31 Å². The van der Waals surface area contributed by atoms with Gasteiger partial charge in [-0.15, -0.1) is 0 Å². The molecule has 1 N–H and O–H groups in total. The fourth-order valence-corrected chi connectivity index (χ4v) is 5.22. The normalized spacial score (nSPS) is 14.8. The molecule has 9 heteroatoms. The van der Waals surface area contributed by atoms with Gasteiger partial charge in [0.25, 0.3) is 10.0 Å². The first kappa shape index (κ1) is 18.2. The Labute approximate surface area is 156 Å². The molecule has 1 aliphatic rings. The zero-order valence-corrected chi connectivity index (χ0v) is 16.4. The molecule has 1 aliphatic heterocycles. The van der Waals surface area contributed by atoms with Crippen molar-refractivity contribution in [2.75, 3.05) is 20.2 Å². The molecular weight excluding hydrogens is 428 g/mol. The highest BCUT2D eigenvalue weighted by Crippen LogP contribution is 2.34. The Bertz CT molecular complexity index is 976. The molecule has 0 saturated heterocycles. The van der Waals surface area contributed by atoms with Crippen molar-refractivity contribution >= 4 is 47.4 Å².